The molecular weight excluding hydrogens is 346 g/mol. The van der Waals surface area contributed by atoms with E-state index in [1.807, 2.05) is 11.5 Å². The average Bonchev–Trinajstić information content (AvgIpc) is 2.95. The van der Waals surface area contributed by atoms with Crippen LogP contribution in [0.1, 0.15) is 37.2 Å². The second kappa shape index (κ2) is 9.39. The van der Waals surface area contributed by atoms with Crippen molar-refractivity contribution in [3.05, 3.63) is 41.2 Å². The van der Waals surface area contributed by atoms with Gasteiger partial charge in [-0.25, -0.2) is 0 Å². The third-order valence-corrected chi connectivity index (χ3v) is 4.94. The lowest BCUT2D eigenvalue weighted by Crippen LogP contribution is -2.15. The summed E-state index contributed by atoms with van der Waals surface area (Å²) >= 11 is 1.42. The highest BCUT2D eigenvalue weighted by Gasteiger charge is 2.19. The normalized spacial score (nSPS) is 12.1. The van der Waals surface area contributed by atoms with E-state index in [-0.39, 0.29) is 17.6 Å². The van der Waals surface area contributed by atoms with Gasteiger partial charge in [-0.3, -0.25) is 4.79 Å². The van der Waals surface area contributed by atoms with Crippen molar-refractivity contribution in [3.8, 4) is 6.07 Å². The maximum Gasteiger partial charge on any atom is 0.217 e. The van der Waals surface area contributed by atoms with Gasteiger partial charge in [-0.1, -0.05) is 55.4 Å². The average molecular weight is 372 g/mol. The minimum absolute atomic E-state index is 0.242. The van der Waals surface area contributed by atoms with Crippen molar-refractivity contribution < 1.29 is 4.79 Å². The molecule has 6 nitrogen and oxygen atoms in total. The number of carbonyl (C=O) groups is 1. The van der Waals surface area contributed by atoms with Crippen LogP contribution in [0.4, 0.5) is 0 Å². The van der Waals surface area contributed by atoms with E-state index in [1.54, 1.807) is 0 Å². The molecule has 1 atom stereocenters. The van der Waals surface area contributed by atoms with E-state index in [4.69, 9.17) is 5.73 Å². The number of aryl methyl sites for hydroxylation is 2. The maximum absolute atomic E-state index is 11.1. The van der Waals surface area contributed by atoms with Gasteiger partial charge in [0.2, 0.25) is 5.91 Å². The van der Waals surface area contributed by atoms with E-state index in [2.05, 4.69) is 54.4 Å². The van der Waals surface area contributed by atoms with Crippen LogP contribution in [0.3, 0.4) is 0 Å². The number of aromatic nitrogens is 3. The first kappa shape index (κ1) is 20.0. The van der Waals surface area contributed by atoms with Crippen LogP contribution in [0.25, 0.3) is 0 Å². The molecule has 0 aliphatic heterocycles. The molecule has 0 radical (unpaired) electrons. The predicted octanol–water partition coefficient (Wildman–Crippen LogP) is 2.89. The molecule has 0 saturated heterocycles. The number of nitriles is 1. The Morgan fingerprint density at radius 3 is 2.58 bits per heavy atom. The molecule has 26 heavy (non-hydrogen) atoms. The Balaban J connectivity index is 2.15. The van der Waals surface area contributed by atoms with Gasteiger partial charge in [0.15, 0.2) is 5.16 Å². The molecule has 2 N–H and O–H groups in total. The minimum atomic E-state index is -0.354. The summed E-state index contributed by atoms with van der Waals surface area (Å²) in [5.41, 5.74) is 7.58. The molecule has 1 aromatic heterocycles. The Bertz CT molecular complexity index is 776. The summed E-state index contributed by atoms with van der Waals surface area (Å²) < 4.78 is 2.01. The molecule has 2 aromatic rings. The van der Waals surface area contributed by atoms with Gasteiger partial charge >= 0.3 is 0 Å². The maximum atomic E-state index is 11.1. The van der Waals surface area contributed by atoms with Crippen LogP contribution in [0.2, 0.25) is 0 Å². The van der Waals surface area contributed by atoms with E-state index < -0.39 is 0 Å². The van der Waals surface area contributed by atoms with Crippen molar-refractivity contribution in [2.24, 2.45) is 11.7 Å². The van der Waals surface area contributed by atoms with E-state index >= 15 is 0 Å². The van der Waals surface area contributed by atoms with E-state index in [0.29, 0.717) is 18.8 Å². The quantitative estimate of drug-likeness (QED) is 0.684. The second-order valence-corrected chi connectivity index (χ2v) is 7.96. The summed E-state index contributed by atoms with van der Waals surface area (Å²) in [6.07, 6.45) is 1.35. The SMILES string of the molecule is Cc1ccc(C[C@H](C#N)Sc2nnc(CCC(N)=O)n2CC(C)C)cc1. The Labute approximate surface area is 158 Å². The molecule has 138 valence electrons. The monoisotopic (exact) mass is 371 g/mol. The highest BCUT2D eigenvalue weighted by Crippen LogP contribution is 2.26. The third-order valence-electron chi connectivity index (χ3n) is 3.87. The first-order valence-electron chi connectivity index (χ1n) is 8.71. The summed E-state index contributed by atoms with van der Waals surface area (Å²) in [5, 5.41) is 18.5. The molecule has 0 aliphatic rings. The number of primary amides is 1. The van der Waals surface area contributed by atoms with E-state index in [9.17, 15) is 10.1 Å². The number of carbonyl (C=O) groups excluding carboxylic acids is 1. The lowest BCUT2D eigenvalue weighted by atomic mass is 10.1. The van der Waals surface area contributed by atoms with Crippen LogP contribution in [0, 0.1) is 24.2 Å². The van der Waals surface area contributed by atoms with Gasteiger partial charge in [0.1, 0.15) is 11.1 Å². The molecular formula is C19H25N5OS. The number of rotatable bonds is 9. The van der Waals surface area contributed by atoms with Gasteiger partial charge in [0.25, 0.3) is 0 Å². The summed E-state index contributed by atoms with van der Waals surface area (Å²) in [4.78, 5) is 11.1. The van der Waals surface area contributed by atoms with Gasteiger partial charge in [-0.2, -0.15) is 5.26 Å². The number of thioether (sulfide) groups is 1. The van der Waals surface area contributed by atoms with Crippen molar-refractivity contribution >= 4 is 17.7 Å². The van der Waals surface area contributed by atoms with Crippen LogP contribution in [-0.4, -0.2) is 25.9 Å². The molecule has 7 heteroatoms. The van der Waals surface area contributed by atoms with Gasteiger partial charge < -0.3 is 10.3 Å². The summed E-state index contributed by atoms with van der Waals surface area (Å²) in [6.45, 7) is 7.01. The topological polar surface area (TPSA) is 97.6 Å². The van der Waals surface area contributed by atoms with Gasteiger partial charge in [-0.15, -0.1) is 10.2 Å². The molecule has 0 fully saturated rings. The van der Waals surface area contributed by atoms with Gasteiger partial charge in [0.05, 0.1) is 6.07 Å². The van der Waals surface area contributed by atoms with Crippen LogP contribution < -0.4 is 5.73 Å². The zero-order valence-electron chi connectivity index (χ0n) is 15.5. The summed E-state index contributed by atoms with van der Waals surface area (Å²) in [6, 6.07) is 10.6. The lowest BCUT2D eigenvalue weighted by Gasteiger charge is -2.14. The largest absolute Gasteiger partial charge is 0.370 e. The second-order valence-electron chi connectivity index (χ2n) is 6.79. The van der Waals surface area contributed by atoms with Crippen LogP contribution in [0.15, 0.2) is 29.4 Å². The van der Waals surface area contributed by atoms with Gasteiger partial charge in [-0.05, 0) is 24.8 Å². The fourth-order valence-electron chi connectivity index (χ4n) is 2.55. The molecule has 1 heterocycles. The number of hydrogen-bond acceptors (Lipinski definition) is 5. The molecule has 0 aliphatic carbocycles. The molecule has 0 saturated carbocycles. The van der Waals surface area contributed by atoms with Crippen LogP contribution >= 0.6 is 11.8 Å². The van der Waals surface area contributed by atoms with Crippen molar-refractivity contribution in [2.75, 3.05) is 0 Å². The highest BCUT2D eigenvalue weighted by atomic mass is 32.2. The number of nitrogens with zero attached hydrogens (tertiary/aromatic N) is 4. The molecule has 0 unspecified atom stereocenters. The molecule has 1 amide bonds. The summed E-state index contributed by atoms with van der Waals surface area (Å²) in [5.74, 6) is 0.787. The van der Waals surface area contributed by atoms with Crippen molar-refractivity contribution in [1.29, 1.82) is 5.26 Å². The van der Waals surface area contributed by atoms with E-state index in [1.165, 1.54) is 17.3 Å². The zero-order chi connectivity index (χ0) is 19.1. The fourth-order valence-corrected chi connectivity index (χ4v) is 3.53. The summed E-state index contributed by atoms with van der Waals surface area (Å²) in [7, 11) is 0. The smallest absolute Gasteiger partial charge is 0.217 e. The Morgan fingerprint density at radius 1 is 1.31 bits per heavy atom. The Morgan fingerprint density at radius 2 is 2.00 bits per heavy atom. The standard InChI is InChI=1S/C19H25N5OS/c1-13(2)12-24-18(9-8-17(21)25)22-23-19(24)26-16(11-20)10-15-6-4-14(3)5-7-15/h4-7,13,16H,8-10,12H2,1-3H3,(H2,21,25)/t16-/m1/s1. The third kappa shape index (κ3) is 5.88. The fraction of sp³-hybridized carbons (Fsp3) is 0.474. The van der Waals surface area contributed by atoms with Crippen molar-refractivity contribution in [2.45, 2.75) is 57.0 Å². The number of hydrogen-bond donors (Lipinski definition) is 1. The number of nitrogens with two attached hydrogens (primary N) is 1. The van der Waals surface area contributed by atoms with Crippen LogP contribution in [0.5, 0.6) is 0 Å². The molecule has 2 rings (SSSR count). The Kier molecular flexibility index (Phi) is 7.22. The Hall–Kier alpha value is -2.33. The highest BCUT2D eigenvalue weighted by molar-refractivity contribution is 8.00. The zero-order valence-corrected chi connectivity index (χ0v) is 16.3. The first-order valence-corrected chi connectivity index (χ1v) is 9.59. The molecule has 0 bridgehead atoms. The number of benzene rings is 1. The van der Waals surface area contributed by atoms with Crippen LogP contribution in [-0.2, 0) is 24.2 Å². The lowest BCUT2D eigenvalue weighted by molar-refractivity contribution is -0.118. The van der Waals surface area contributed by atoms with Crippen molar-refractivity contribution in [3.63, 3.8) is 0 Å². The number of amides is 1. The molecule has 1 aromatic carbocycles. The minimum Gasteiger partial charge on any atom is -0.370 e. The first-order chi connectivity index (χ1) is 12.4. The molecule has 0 spiro atoms. The van der Waals surface area contributed by atoms with Gasteiger partial charge in [0, 0.05) is 19.4 Å². The predicted molar refractivity (Wildman–Crippen MR) is 103 cm³/mol. The van der Waals surface area contributed by atoms with Crippen molar-refractivity contribution in [1.82, 2.24) is 14.8 Å². The van der Waals surface area contributed by atoms with E-state index in [0.717, 1.165) is 23.1 Å².